The molecular weight excluding hydrogens is 745 g/mol. The van der Waals surface area contributed by atoms with Crippen LogP contribution in [0.2, 0.25) is 0 Å². The van der Waals surface area contributed by atoms with E-state index in [4.69, 9.17) is 0 Å². The first kappa shape index (κ1) is 36.6. The van der Waals surface area contributed by atoms with E-state index in [1.54, 1.807) is 0 Å². The van der Waals surface area contributed by atoms with Crippen LogP contribution >= 0.6 is 0 Å². The Morgan fingerprint density at radius 2 is 0.758 bits per heavy atom. The zero-order chi connectivity index (χ0) is 41.7. The van der Waals surface area contributed by atoms with Crippen LogP contribution in [0.4, 0.5) is 0 Å². The molecule has 0 heteroatoms. The van der Waals surface area contributed by atoms with Crippen molar-refractivity contribution in [2.45, 2.75) is 38.5 Å². The lowest BCUT2D eigenvalue weighted by molar-refractivity contribution is 0.660. The predicted molar refractivity (Wildman–Crippen MR) is 264 cm³/mol. The second kappa shape index (κ2) is 13.6. The summed E-state index contributed by atoms with van der Waals surface area (Å²) in [6, 6.07) is 77.4. The second-order valence-corrected chi connectivity index (χ2v) is 18.4. The van der Waals surface area contributed by atoms with Gasteiger partial charge in [0.05, 0.1) is 0 Å². The monoisotopic (exact) mass is 790 g/mol. The number of rotatable bonds is 5. The van der Waals surface area contributed by atoms with Gasteiger partial charge in [0.1, 0.15) is 0 Å². The van der Waals surface area contributed by atoms with Gasteiger partial charge in [0.25, 0.3) is 0 Å². The predicted octanol–water partition coefficient (Wildman–Crippen LogP) is 16.9. The zero-order valence-corrected chi connectivity index (χ0v) is 35.6. The Bertz CT molecular complexity index is 3440. The third-order valence-electron chi connectivity index (χ3n) is 14.3. The van der Waals surface area contributed by atoms with E-state index < -0.39 is 0 Å². The molecule has 0 nitrogen and oxygen atoms in total. The van der Waals surface area contributed by atoms with Crippen molar-refractivity contribution >= 4 is 21.5 Å². The molecule has 0 amide bonds. The van der Waals surface area contributed by atoms with Crippen molar-refractivity contribution in [3.8, 4) is 77.9 Å². The number of benzene rings is 10. The van der Waals surface area contributed by atoms with Crippen molar-refractivity contribution < 1.29 is 0 Å². The number of fused-ring (bicyclic) bond motifs is 9. The molecule has 0 radical (unpaired) electrons. The standard InChI is InChI=1S/C62H46/c1-61(2)54-29-16-14-27-50(54)59-55(61)35-34-51-57(44-23-17-22-41(36-44)43-30-32-46-45-24-13-15-28-53(45)62(3,4)56(46)38-43)47-25-11-12-26-48(47)58(60(51)59)49-33-31-42(39-18-7-5-8-19-39)37-52(49)40-20-9-6-10-21-40/h5-38H,1-4H3. The molecule has 10 aromatic carbocycles. The van der Waals surface area contributed by atoms with Crippen LogP contribution in [0.5, 0.6) is 0 Å². The number of hydrogen-bond donors (Lipinski definition) is 0. The van der Waals surface area contributed by atoms with Gasteiger partial charge < -0.3 is 0 Å². The van der Waals surface area contributed by atoms with Gasteiger partial charge in [0, 0.05) is 10.8 Å². The topological polar surface area (TPSA) is 0 Å². The van der Waals surface area contributed by atoms with Gasteiger partial charge in [-0.2, -0.15) is 0 Å². The minimum atomic E-state index is -0.149. The van der Waals surface area contributed by atoms with E-state index in [9.17, 15) is 0 Å². The van der Waals surface area contributed by atoms with Crippen LogP contribution in [0, 0.1) is 0 Å². The van der Waals surface area contributed by atoms with E-state index in [-0.39, 0.29) is 10.8 Å². The Morgan fingerprint density at radius 3 is 1.50 bits per heavy atom. The largest absolute Gasteiger partial charge is 0.0622 e. The Kier molecular flexibility index (Phi) is 8.03. The van der Waals surface area contributed by atoms with Crippen molar-refractivity contribution in [1.82, 2.24) is 0 Å². The van der Waals surface area contributed by atoms with Gasteiger partial charge in [-0.1, -0.05) is 216 Å². The molecular formula is C62H46. The lowest BCUT2D eigenvalue weighted by atomic mass is 9.78. The van der Waals surface area contributed by atoms with E-state index >= 15 is 0 Å². The zero-order valence-electron chi connectivity index (χ0n) is 35.6. The van der Waals surface area contributed by atoms with E-state index in [0.29, 0.717) is 0 Å². The lowest BCUT2D eigenvalue weighted by Crippen LogP contribution is -2.14. The molecule has 12 rings (SSSR count). The minimum Gasteiger partial charge on any atom is -0.0622 e. The quantitative estimate of drug-likeness (QED) is 0.152. The maximum atomic E-state index is 2.45. The highest BCUT2D eigenvalue weighted by Gasteiger charge is 2.38. The summed E-state index contributed by atoms with van der Waals surface area (Å²) < 4.78 is 0. The maximum absolute atomic E-state index is 2.45. The fourth-order valence-electron chi connectivity index (χ4n) is 11.2. The molecule has 0 saturated heterocycles. The normalized spacial score (nSPS) is 14.1. The van der Waals surface area contributed by atoms with Crippen molar-refractivity contribution in [1.29, 1.82) is 0 Å². The molecule has 0 N–H and O–H groups in total. The summed E-state index contributed by atoms with van der Waals surface area (Å²) in [5, 5.41) is 5.12. The second-order valence-electron chi connectivity index (χ2n) is 18.4. The summed E-state index contributed by atoms with van der Waals surface area (Å²) in [5.74, 6) is 0. The fourth-order valence-corrected chi connectivity index (χ4v) is 11.2. The molecule has 62 heavy (non-hydrogen) atoms. The van der Waals surface area contributed by atoms with Gasteiger partial charge in [0.15, 0.2) is 0 Å². The summed E-state index contributed by atoms with van der Waals surface area (Å²) in [5.41, 5.74) is 23.1. The summed E-state index contributed by atoms with van der Waals surface area (Å²) in [4.78, 5) is 0. The molecule has 0 bridgehead atoms. The lowest BCUT2D eigenvalue weighted by Gasteiger charge is -2.25. The van der Waals surface area contributed by atoms with Crippen molar-refractivity contribution in [2.24, 2.45) is 0 Å². The van der Waals surface area contributed by atoms with Gasteiger partial charge in [0.2, 0.25) is 0 Å². The molecule has 2 aliphatic carbocycles. The summed E-state index contributed by atoms with van der Waals surface area (Å²) in [7, 11) is 0. The van der Waals surface area contributed by atoms with Crippen LogP contribution in [0.25, 0.3) is 99.4 Å². The van der Waals surface area contributed by atoms with Crippen molar-refractivity contribution in [2.75, 3.05) is 0 Å². The third kappa shape index (κ3) is 5.33. The van der Waals surface area contributed by atoms with E-state index in [0.717, 1.165) is 0 Å². The Hall–Kier alpha value is -7.28. The van der Waals surface area contributed by atoms with Crippen molar-refractivity contribution in [3.63, 3.8) is 0 Å². The molecule has 0 heterocycles. The highest BCUT2D eigenvalue weighted by molar-refractivity contribution is 6.26. The van der Waals surface area contributed by atoms with Crippen LogP contribution in [0.3, 0.4) is 0 Å². The first-order chi connectivity index (χ1) is 30.3. The fraction of sp³-hybridized carbons (Fsp3) is 0.0968. The van der Waals surface area contributed by atoms with Gasteiger partial charge >= 0.3 is 0 Å². The van der Waals surface area contributed by atoms with Gasteiger partial charge in [-0.3, -0.25) is 0 Å². The summed E-state index contributed by atoms with van der Waals surface area (Å²) in [6.45, 7) is 9.53. The highest BCUT2D eigenvalue weighted by Crippen LogP contribution is 2.57. The first-order valence-electron chi connectivity index (χ1n) is 22.0. The van der Waals surface area contributed by atoms with Crippen LogP contribution < -0.4 is 0 Å². The van der Waals surface area contributed by atoms with Crippen LogP contribution in [-0.2, 0) is 10.8 Å². The van der Waals surface area contributed by atoms with Crippen LogP contribution in [0.15, 0.2) is 206 Å². The molecule has 0 unspecified atom stereocenters. The SMILES string of the molecule is CC1(C)c2ccccc2-c2ccc(-c3cccc(-c4c5ccccc5c(-c5ccc(-c6ccccc6)cc5-c5ccccc5)c5c6c(ccc45)C(C)(C)c4ccccc4-6)c3)cc21. The molecule has 0 fully saturated rings. The Labute approximate surface area is 364 Å². The minimum absolute atomic E-state index is 0.0653. The van der Waals surface area contributed by atoms with Gasteiger partial charge in [-0.25, -0.2) is 0 Å². The molecule has 294 valence electrons. The van der Waals surface area contributed by atoms with E-state index in [1.807, 2.05) is 0 Å². The highest BCUT2D eigenvalue weighted by atomic mass is 14.4. The van der Waals surface area contributed by atoms with Gasteiger partial charge in [-0.15, -0.1) is 0 Å². The van der Waals surface area contributed by atoms with Crippen LogP contribution in [0.1, 0.15) is 49.9 Å². The molecule has 0 aliphatic heterocycles. The Balaban J connectivity index is 1.16. The third-order valence-corrected chi connectivity index (χ3v) is 14.3. The average molecular weight is 791 g/mol. The molecule has 0 spiro atoms. The first-order valence-corrected chi connectivity index (χ1v) is 22.0. The summed E-state index contributed by atoms with van der Waals surface area (Å²) >= 11 is 0. The van der Waals surface area contributed by atoms with E-state index in [1.165, 1.54) is 122 Å². The smallest absolute Gasteiger partial charge is 0.0159 e. The molecule has 10 aromatic rings. The molecule has 0 atom stereocenters. The Morgan fingerprint density at radius 1 is 0.242 bits per heavy atom. The van der Waals surface area contributed by atoms with Gasteiger partial charge in [-0.05, 0) is 140 Å². The maximum Gasteiger partial charge on any atom is 0.0159 e. The molecule has 2 aliphatic rings. The molecule has 0 aromatic heterocycles. The molecule has 0 saturated carbocycles. The average Bonchev–Trinajstić information content (AvgIpc) is 3.70. The van der Waals surface area contributed by atoms with Crippen LogP contribution in [-0.4, -0.2) is 0 Å². The number of hydrogen-bond acceptors (Lipinski definition) is 0. The van der Waals surface area contributed by atoms with Crippen molar-refractivity contribution in [3.05, 3.63) is 229 Å². The summed E-state index contributed by atoms with van der Waals surface area (Å²) in [6.07, 6.45) is 0. The van der Waals surface area contributed by atoms with E-state index in [2.05, 4.69) is 234 Å².